The van der Waals surface area contributed by atoms with Crippen LogP contribution in [0.25, 0.3) is 74.8 Å². The van der Waals surface area contributed by atoms with Gasteiger partial charge in [0.1, 0.15) is 0 Å². The van der Waals surface area contributed by atoms with E-state index in [0.717, 1.165) is 27.9 Å². The van der Waals surface area contributed by atoms with Crippen LogP contribution in [0.2, 0.25) is 0 Å². The molecule has 0 aliphatic rings. The fraction of sp³-hybridized carbons (Fsp3) is 0. The molecule has 0 fully saturated rings. The van der Waals surface area contributed by atoms with E-state index >= 15 is 0 Å². The predicted octanol–water partition coefficient (Wildman–Crippen LogP) is 11.0. The number of nitrogens with zero attached hydrogens (tertiary/aromatic N) is 2. The standard InChI is InChI=1S/C37H22N2S/c1-38-25-19-20-26(24-18-21-37-32(22-24)30-13-5-9-17-36(30)40-37)31(23-25)29-12-4-8-16-35(29)39-33-14-6-2-10-27(33)28-11-3-7-15-34(28)39/h2-23H. The summed E-state index contributed by atoms with van der Waals surface area (Å²) in [4.78, 5) is 3.81. The van der Waals surface area contributed by atoms with E-state index in [0.29, 0.717) is 5.69 Å². The maximum atomic E-state index is 7.79. The van der Waals surface area contributed by atoms with Gasteiger partial charge in [0.05, 0.1) is 23.3 Å². The smallest absolute Gasteiger partial charge is 0.187 e. The summed E-state index contributed by atoms with van der Waals surface area (Å²) in [7, 11) is 0. The van der Waals surface area contributed by atoms with Crippen LogP contribution >= 0.6 is 11.3 Å². The SMILES string of the molecule is [C-]#[N+]c1ccc(-c2ccc3sc4ccccc4c3c2)c(-c2ccccc2-n2c3ccccc3c3ccccc32)c1. The van der Waals surface area contributed by atoms with Gasteiger partial charge in [0, 0.05) is 36.5 Å². The number of para-hydroxylation sites is 3. The summed E-state index contributed by atoms with van der Waals surface area (Å²) in [5.41, 5.74) is 8.52. The number of hydrogen-bond donors (Lipinski definition) is 0. The number of fused-ring (bicyclic) bond motifs is 6. The first-order valence-electron chi connectivity index (χ1n) is 13.3. The number of rotatable bonds is 3. The normalized spacial score (nSPS) is 11.5. The zero-order valence-electron chi connectivity index (χ0n) is 21.5. The second-order valence-corrected chi connectivity index (χ2v) is 11.1. The molecule has 0 N–H and O–H groups in total. The Bertz CT molecular complexity index is 2240. The van der Waals surface area contributed by atoms with E-state index in [4.69, 9.17) is 6.57 Å². The van der Waals surface area contributed by atoms with Crippen molar-refractivity contribution < 1.29 is 0 Å². The van der Waals surface area contributed by atoms with E-state index in [1.165, 1.54) is 42.0 Å². The summed E-state index contributed by atoms with van der Waals surface area (Å²) < 4.78 is 4.95. The van der Waals surface area contributed by atoms with Crippen LogP contribution in [-0.2, 0) is 0 Å². The van der Waals surface area contributed by atoms with Gasteiger partial charge in [-0.3, -0.25) is 0 Å². The Hall–Kier alpha value is -5.17. The van der Waals surface area contributed by atoms with Crippen LogP contribution in [0.5, 0.6) is 0 Å². The van der Waals surface area contributed by atoms with Crippen molar-refractivity contribution in [3.05, 3.63) is 145 Å². The van der Waals surface area contributed by atoms with E-state index in [1.807, 2.05) is 23.5 Å². The molecule has 2 heterocycles. The minimum Gasteiger partial charge on any atom is -0.309 e. The predicted molar refractivity (Wildman–Crippen MR) is 171 cm³/mol. The van der Waals surface area contributed by atoms with E-state index in [1.54, 1.807) is 0 Å². The second-order valence-electron chi connectivity index (χ2n) is 10.0. The van der Waals surface area contributed by atoms with Crippen LogP contribution in [0, 0.1) is 6.57 Å². The zero-order valence-corrected chi connectivity index (χ0v) is 22.3. The fourth-order valence-electron chi connectivity index (χ4n) is 6.05. The Morgan fingerprint density at radius 1 is 0.500 bits per heavy atom. The lowest BCUT2D eigenvalue weighted by Gasteiger charge is -2.17. The highest BCUT2D eigenvalue weighted by Crippen LogP contribution is 2.43. The first-order valence-corrected chi connectivity index (χ1v) is 14.1. The van der Waals surface area contributed by atoms with E-state index in [9.17, 15) is 0 Å². The number of benzene rings is 6. The molecule has 0 aliphatic heterocycles. The minimum atomic E-state index is 0.637. The van der Waals surface area contributed by atoms with E-state index in [-0.39, 0.29) is 0 Å². The second kappa shape index (κ2) is 8.95. The monoisotopic (exact) mass is 526 g/mol. The molecule has 0 bridgehead atoms. The van der Waals surface area contributed by atoms with Crippen LogP contribution in [-0.4, -0.2) is 4.57 Å². The molecule has 2 nitrogen and oxygen atoms in total. The molecule has 0 saturated heterocycles. The third-order valence-corrected chi connectivity index (χ3v) is 8.99. The summed E-state index contributed by atoms with van der Waals surface area (Å²) in [6.45, 7) is 7.79. The van der Waals surface area contributed by atoms with Gasteiger partial charge in [0.15, 0.2) is 5.69 Å². The Morgan fingerprint density at radius 3 is 1.93 bits per heavy atom. The molecule has 0 saturated carbocycles. The van der Waals surface area contributed by atoms with Crippen LogP contribution < -0.4 is 0 Å². The van der Waals surface area contributed by atoms with E-state index < -0.39 is 0 Å². The lowest BCUT2D eigenvalue weighted by molar-refractivity contribution is 1.18. The van der Waals surface area contributed by atoms with Gasteiger partial charge in [-0.1, -0.05) is 91.0 Å². The molecule has 186 valence electrons. The summed E-state index contributed by atoms with van der Waals surface area (Å²) >= 11 is 1.83. The van der Waals surface area contributed by atoms with Crippen LogP contribution in [0.15, 0.2) is 133 Å². The molecule has 8 aromatic rings. The molecule has 0 radical (unpaired) electrons. The Kier molecular flexibility index (Phi) is 5.10. The topological polar surface area (TPSA) is 9.29 Å². The van der Waals surface area contributed by atoms with Crippen molar-refractivity contribution in [1.29, 1.82) is 0 Å². The van der Waals surface area contributed by atoms with Crippen molar-refractivity contribution in [3.8, 4) is 27.9 Å². The Balaban J connectivity index is 1.42. The van der Waals surface area contributed by atoms with Crippen LogP contribution in [0.1, 0.15) is 0 Å². The quantitative estimate of drug-likeness (QED) is 0.203. The average molecular weight is 527 g/mol. The molecular formula is C37H22N2S. The molecule has 0 amide bonds. The maximum Gasteiger partial charge on any atom is 0.187 e. The van der Waals surface area contributed by atoms with Gasteiger partial charge < -0.3 is 4.57 Å². The molecule has 0 unspecified atom stereocenters. The lowest BCUT2D eigenvalue weighted by Crippen LogP contribution is -1.98. The van der Waals surface area contributed by atoms with Gasteiger partial charge in [-0.25, -0.2) is 4.85 Å². The highest BCUT2D eigenvalue weighted by Gasteiger charge is 2.18. The summed E-state index contributed by atoms with van der Waals surface area (Å²) in [6, 6.07) is 47.2. The van der Waals surface area contributed by atoms with Gasteiger partial charge in [0.25, 0.3) is 0 Å². The summed E-state index contributed by atoms with van der Waals surface area (Å²) in [5.74, 6) is 0. The highest BCUT2D eigenvalue weighted by atomic mass is 32.1. The van der Waals surface area contributed by atoms with Gasteiger partial charge in [0.2, 0.25) is 0 Å². The van der Waals surface area contributed by atoms with Gasteiger partial charge in [-0.15, -0.1) is 11.3 Å². The van der Waals surface area contributed by atoms with Crippen LogP contribution in [0.4, 0.5) is 5.69 Å². The molecule has 0 atom stereocenters. The van der Waals surface area contributed by atoms with E-state index in [2.05, 4.69) is 131 Å². The molecule has 0 spiro atoms. The molecule has 3 heteroatoms. The third kappa shape index (κ3) is 3.41. The third-order valence-electron chi connectivity index (χ3n) is 7.84. The van der Waals surface area contributed by atoms with Crippen molar-refractivity contribution in [2.45, 2.75) is 0 Å². The molecule has 0 aliphatic carbocycles. The minimum absolute atomic E-state index is 0.637. The Morgan fingerprint density at radius 2 is 1.15 bits per heavy atom. The number of hydrogen-bond acceptors (Lipinski definition) is 1. The fourth-order valence-corrected chi connectivity index (χ4v) is 7.13. The van der Waals surface area contributed by atoms with Crippen molar-refractivity contribution in [2.24, 2.45) is 0 Å². The summed E-state index contributed by atoms with van der Waals surface area (Å²) in [6.07, 6.45) is 0. The van der Waals surface area contributed by atoms with Crippen molar-refractivity contribution >= 4 is 59.0 Å². The molecule has 8 rings (SSSR count). The first-order chi connectivity index (χ1) is 19.8. The Labute approximate surface area is 235 Å². The summed E-state index contributed by atoms with van der Waals surface area (Å²) in [5, 5.41) is 5.03. The molecule has 6 aromatic carbocycles. The van der Waals surface area contributed by atoms with Crippen molar-refractivity contribution in [1.82, 2.24) is 4.57 Å². The maximum absolute atomic E-state index is 7.79. The first kappa shape index (κ1) is 22.8. The molecule has 40 heavy (non-hydrogen) atoms. The van der Waals surface area contributed by atoms with Gasteiger partial charge in [-0.2, -0.15) is 0 Å². The molecule has 2 aromatic heterocycles. The zero-order chi connectivity index (χ0) is 26.6. The van der Waals surface area contributed by atoms with Crippen LogP contribution in [0.3, 0.4) is 0 Å². The van der Waals surface area contributed by atoms with Crippen molar-refractivity contribution in [2.75, 3.05) is 0 Å². The largest absolute Gasteiger partial charge is 0.309 e. The van der Waals surface area contributed by atoms with Crippen molar-refractivity contribution in [3.63, 3.8) is 0 Å². The highest BCUT2D eigenvalue weighted by molar-refractivity contribution is 7.25. The number of aromatic nitrogens is 1. The number of thiophene rings is 1. The molecular weight excluding hydrogens is 504 g/mol. The lowest BCUT2D eigenvalue weighted by atomic mass is 9.92. The van der Waals surface area contributed by atoms with Gasteiger partial charge >= 0.3 is 0 Å². The van der Waals surface area contributed by atoms with Gasteiger partial charge in [-0.05, 0) is 59.2 Å². The average Bonchev–Trinajstić information content (AvgIpc) is 3.56.